The Kier molecular flexibility index (Phi) is 6.11. The van der Waals surface area contributed by atoms with Crippen LogP contribution in [0.15, 0.2) is 24.3 Å². The van der Waals surface area contributed by atoms with Crippen molar-refractivity contribution < 1.29 is 9.72 Å². The lowest BCUT2D eigenvalue weighted by Gasteiger charge is -2.17. The highest BCUT2D eigenvalue weighted by Crippen LogP contribution is 2.12. The third-order valence-corrected chi connectivity index (χ3v) is 2.84. The Morgan fingerprint density at radius 1 is 1.35 bits per heavy atom. The Labute approximate surface area is 118 Å². The number of hydrogen-bond acceptors (Lipinski definition) is 4. The van der Waals surface area contributed by atoms with Crippen LogP contribution >= 0.6 is 0 Å². The van der Waals surface area contributed by atoms with Gasteiger partial charge in [0.05, 0.1) is 11.3 Å². The minimum absolute atomic E-state index is 0.0359. The van der Waals surface area contributed by atoms with Crippen LogP contribution < -0.4 is 5.32 Å². The molecule has 0 aliphatic rings. The van der Waals surface area contributed by atoms with Crippen LogP contribution in [0.2, 0.25) is 0 Å². The number of benzene rings is 1. The van der Waals surface area contributed by atoms with Gasteiger partial charge in [0.2, 0.25) is 5.91 Å². The first-order chi connectivity index (χ1) is 9.38. The van der Waals surface area contributed by atoms with Gasteiger partial charge in [-0.05, 0) is 25.6 Å². The molecule has 0 bridgehead atoms. The number of nitrogens with zero attached hydrogens (tertiary/aromatic N) is 2. The molecule has 110 valence electrons. The molecule has 1 aromatic carbocycles. The highest BCUT2D eigenvalue weighted by atomic mass is 16.6. The summed E-state index contributed by atoms with van der Waals surface area (Å²) in [5, 5.41) is 13.4. The minimum Gasteiger partial charge on any atom is -0.355 e. The summed E-state index contributed by atoms with van der Waals surface area (Å²) in [7, 11) is 3.99. The van der Waals surface area contributed by atoms with Gasteiger partial charge in [0, 0.05) is 25.2 Å². The number of nitrogens with one attached hydrogen (secondary N) is 1. The van der Waals surface area contributed by atoms with Crippen LogP contribution in [-0.2, 0) is 11.2 Å². The van der Waals surface area contributed by atoms with Crippen LogP contribution in [0.3, 0.4) is 0 Å². The molecule has 0 saturated carbocycles. The molecule has 1 atom stereocenters. The van der Waals surface area contributed by atoms with Gasteiger partial charge in [0.25, 0.3) is 5.69 Å². The fourth-order valence-corrected chi connectivity index (χ4v) is 1.96. The molecule has 0 spiro atoms. The maximum absolute atomic E-state index is 11.8. The predicted octanol–water partition coefficient (Wildman–Crippen LogP) is 1.45. The monoisotopic (exact) mass is 279 g/mol. The molecule has 1 aromatic rings. The van der Waals surface area contributed by atoms with Crippen molar-refractivity contribution in [1.29, 1.82) is 0 Å². The molecule has 6 heteroatoms. The number of carbonyl (C=O) groups is 1. The third kappa shape index (κ3) is 5.79. The van der Waals surface area contributed by atoms with Crippen molar-refractivity contribution in [3.05, 3.63) is 39.9 Å². The molecule has 1 amide bonds. The lowest BCUT2D eigenvalue weighted by atomic mass is 10.1. The second kappa shape index (κ2) is 7.59. The Hall–Kier alpha value is -1.95. The van der Waals surface area contributed by atoms with E-state index in [0.717, 1.165) is 12.1 Å². The molecule has 0 heterocycles. The second-order valence-electron chi connectivity index (χ2n) is 5.27. The van der Waals surface area contributed by atoms with Gasteiger partial charge in [0.1, 0.15) is 0 Å². The fourth-order valence-electron chi connectivity index (χ4n) is 1.96. The molecule has 0 aliphatic heterocycles. The summed E-state index contributed by atoms with van der Waals surface area (Å²) in [5.41, 5.74) is 0.808. The predicted molar refractivity (Wildman–Crippen MR) is 77.5 cm³/mol. The lowest BCUT2D eigenvalue weighted by Crippen LogP contribution is -2.33. The first-order valence-corrected chi connectivity index (χ1v) is 6.53. The summed E-state index contributed by atoms with van der Waals surface area (Å²) in [6, 6.07) is 6.05. The number of nitro groups is 1. The van der Waals surface area contributed by atoms with Crippen molar-refractivity contribution >= 4 is 11.6 Å². The van der Waals surface area contributed by atoms with Crippen LogP contribution in [0.5, 0.6) is 0 Å². The molecular formula is C14H21N3O3. The van der Waals surface area contributed by atoms with Gasteiger partial charge in [-0.2, -0.15) is 0 Å². The summed E-state index contributed by atoms with van der Waals surface area (Å²) in [4.78, 5) is 23.9. The zero-order valence-corrected chi connectivity index (χ0v) is 12.1. The number of amides is 1. The summed E-state index contributed by atoms with van der Waals surface area (Å²) in [5.74, 6) is 0.315. The lowest BCUT2D eigenvalue weighted by molar-refractivity contribution is -0.384. The van der Waals surface area contributed by atoms with Crippen molar-refractivity contribution in [3.63, 3.8) is 0 Å². The van der Waals surface area contributed by atoms with E-state index in [0.29, 0.717) is 12.5 Å². The minimum atomic E-state index is -0.452. The van der Waals surface area contributed by atoms with E-state index in [1.807, 2.05) is 14.1 Å². The second-order valence-corrected chi connectivity index (χ2v) is 5.27. The van der Waals surface area contributed by atoms with Crippen molar-refractivity contribution in [3.8, 4) is 0 Å². The van der Waals surface area contributed by atoms with E-state index in [2.05, 4.69) is 17.1 Å². The van der Waals surface area contributed by atoms with Crippen LogP contribution in [0.4, 0.5) is 5.69 Å². The zero-order chi connectivity index (χ0) is 15.1. The molecule has 0 aromatic heterocycles. The molecular weight excluding hydrogens is 258 g/mol. The molecule has 0 radical (unpaired) electrons. The van der Waals surface area contributed by atoms with E-state index in [1.165, 1.54) is 12.1 Å². The number of non-ortho nitro benzene ring substituents is 1. The first-order valence-electron chi connectivity index (χ1n) is 6.53. The topological polar surface area (TPSA) is 75.5 Å². The van der Waals surface area contributed by atoms with Crippen molar-refractivity contribution in [2.45, 2.75) is 13.3 Å². The molecule has 0 unspecified atom stereocenters. The molecule has 0 aliphatic carbocycles. The molecule has 1 rings (SSSR count). The summed E-state index contributed by atoms with van der Waals surface area (Å²) >= 11 is 0. The molecule has 0 fully saturated rings. The van der Waals surface area contributed by atoms with E-state index in [9.17, 15) is 14.9 Å². The maximum atomic E-state index is 11.8. The van der Waals surface area contributed by atoms with Gasteiger partial charge in [-0.3, -0.25) is 14.9 Å². The Balaban J connectivity index is 2.40. The van der Waals surface area contributed by atoms with Gasteiger partial charge in [-0.25, -0.2) is 0 Å². The number of hydrogen-bond donors (Lipinski definition) is 1. The normalized spacial score (nSPS) is 12.2. The van der Waals surface area contributed by atoms with E-state index in [4.69, 9.17) is 0 Å². The highest BCUT2D eigenvalue weighted by Gasteiger charge is 2.09. The Morgan fingerprint density at radius 2 is 1.95 bits per heavy atom. The summed E-state index contributed by atoms with van der Waals surface area (Å²) < 4.78 is 0. The zero-order valence-electron chi connectivity index (χ0n) is 12.1. The highest BCUT2D eigenvalue weighted by molar-refractivity contribution is 5.78. The number of rotatable bonds is 7. The fraction of sp³-hybridized carbons (Fsp3) is 0.500. The molecule has 6 nitrogen and oxygen atoms in total. The van der Waals surface area contributed by atoms with Gasteiger partial charge >= 0.3 is 0 Å². The van der Waals surface area contributed by atoms with E-state index < -0.39 is 4.92 Å². The molecule has 1 N–H and O–H groups in total. The molecule has 20 heavy (non-hydrogen) atoms. The third-order valence-electron chi connectivity index (χ3n) is 2.84. The summed E-state index contributed by atoms with van der Waals surface area (Å²) in [6.45, 7) is 3.62. The van der Waals surface area contributed by atoms with Crippen LogP contribution in [0, 0.1) is 16.0 Å². The van der Waals surface area contributed by atoms with E-state index in [1.54, 1.807) is 12.1 Å². The van der Waals surface area contributed by atoms with Crippen molar-refractivity contribution in [2.24, 2.45) is 5.92 Å². The quantitative estimate of drug-likeness (QED) is 0.605. The number of carbonyl (C=O) groups excluding carboxylic acids is 1. The van der Waals surface area contributed by atoms with Gasteiger partial charge in [-0.1, -0.05) is 19.1 Å². The largest absolute Gasteiger partial charge is 0.355 e. The molecule has 0 saturated heterocycles. The average molecular weight is 279 g/mol. The van der Waals surface area contributed by atoms with Crippen LogP contribution in [-0.4, -0.2) is 42.9 Å². The average Bonchev–Trinajstić information content (AvgIpc) is 2.36. The maximum Gasteiger partial charge on any atom is 0.269 e. The first kappa shape index (κ1) is 16.1. The Bertz CT molecular complexity index is 457. The van der Waals surface area contributed by atoms with E-state index >= 15 is 0 Å². The smallest absolute Gasteiger partial charge is 0.269 e. The van der Waals surface area contributed by atoms with Gasteiger partial charge in [-0.15, -0.1) is 0 Å². The van der Waals surface area contributed by atoms with E-state index in [-0.39, 0.29) is 18.0 Å². The number of nitro benzene ring substituents is 1. The standard InChI is InChI=1S/C14H21N3O3/c1-11(10-16(2)3)9-15-14(18)8-12-4-6-13(7-5-12)17(19)20/h4-7,11H,8-10H2,1-3H3,(H,15,18)/t11-/m1/s1. The van der Waals surface area contributed by atoms with Crippen LogP contribution in [0.1, 0.15) is 12.5 Å². The van der Waals surface area contributed by atoms with Gasteiger partial charge < -0.3 is 10.2 Å². The van der Waals surface area contributed by atoms with Crippen molar-refractivity contribution in [1.82, 2.24) is 10.2 Å². The van der Waals surface area contributed by atoms with Crippen molar-refractivity contribution in [2.75, 3.05) is 27.2 Å². The SMILES string of the molecule is C[C@H](CNC(=O)Cc1ccc([N+](=O)[O-])cc1)CN(C)C. The van der Waals surface area contributed by atoms with Crippen LogP contribution in [0.25, 0.3) is 0 Å². The summed E-state index contributed by atoms with van der Waals surface area (Å²) in [6.07, 6.45) is 0.243. The van der Waals surface area contributed by atoms with Gasteiger partial charge in [0.15, 0.2) is 0 Å². The Morgan fingerprint density at radius 3 is 2.45 bits per heavy atom.